The van der Waals surface area contributed by atoms with Gasteiger partial charge in [0.25, 0.3) is 0 Å². The largest absolute Gasteiger partial charge is 0.469 e. The zero-order valence-corrected chi connectivity index (χ0v) is 7.38. The number of nitrogens with two attached hydrogens (primary N) is 1. The monoisotopic (exact) mass is 172 g/mol. The molecular weight excluding hydrogens is 156 g/mol. The second kappa shape index (κ2) is 4.42. The molecule has 0 aromatic rings. The van der Waals surface area contributed by atoms with Gasteiger partial charge in [0.2, 0.25) is 0 Å². The van der Waals surface area contributed by atoms with E-state index in [9.17, 15) is 4.79 Å². The zero-order chi connectivity index (χ0) is 8.97. The van der Waals surface area contributed by atoms with Crippen LogP contribution < -0.4 is 11.3 Å². The van der Waals surface area contributed by atoms with Gasteiger partial charge in [-0.2, -0.15) is 0 Å². The van der Waals surface area contributed by atoms with E-state index in [0.717, 1.165) is 25.7 Å². The van der Waals surface area contributed by atoms with Gasteiger partial charge >= 0.3 is 5.97 Å². The fourth-order valence-electron chi connectivity index (χ4n) is 1.66. The minimum absolute atomic E-state index is 0.0783. The van der Waals surface area contributed by atoms with Crippen LogP contribution in [0.2, 0.25) is 0 Å². The molecule has 70 valence electrons. The van der Waals surface area contributed by atoms with Crippen molar-refractivity contribution in [3.8, 4) is 0 Å². The van der Waals surface area contributed by atoms with Crippen molar-refractivity contribution in [2.24, 2.45) is 11.8 Å². The first-order valence-corrected chi connectivity index (χ1v) is 4.32. The van der Waals surface area contributed by atoms with Gasteiger partial charge < -0.3 is 4.74 Å². The van der Waals surface area contributed by atoms with Crippen LogP contribution in [0, 0.1) is 5.92 Å². The van der Waals surface area contributed by atoms with Crippen molar-refractivity contribution in [1.82, 2.24) is 5.43 Å². The molecule has 12 heavy (non-hydrogen) atoms. The van der Waals surface area contributed by atoms with Crippen molar-refractivity contribution in [2.45, 2.75) is 31.7 Å². The van der Waals surface area contributed by atoms with Gasteiger partial charge in [-0.25, -0.2) is 0 Å². The Labute approximate surface area is 72.4 Å². The summed E-state index contributed by atoms with van der Waals surface area (Å²) >= 11 is 0. The molecule has 1 saturated carbocycles. The maximum atomic E-state index is 11.1. The second-order valence-electron chi connectivity index (χ2n) is 3.24. The normalized spacial score (nSPS) is 29.8. The number of rotatable bonds is 2. The molecule has 0 atom stereocenters. The number of carbonyl (C=O) groups is 1. The van der Waals surface area contributed by atoms with Crippen LogP contribution in [-0.2, 0) is 9.53 Å². The molecular formula is C8H16N2O2. The predicted octanol–water partition coefficient (Wildman–Crippen LogP) is 0.181. The molecule has 4 nitrogen and oxygen atoms in total. The molecule has 0 spiro atoms. The van der Waals surface area contributed by atoms with E-state index in [2.05, 4.69) is 10.2 Å². The molecule has 1 fully saturated rings. The van der Waals surface area contributed by atoms with Crippen LogP contribution in [0.5, 0.6) is 0 Å². The van der Waals surface area contributed by atoms with Crippen molar-refractivity contribution in [3.05, 3.63) is 0 Å². The van der Waals surface area contributed by atoms with Gasteiger partial charge in [0.1, 0.15) is 0 Å². The van der Waals surface area contributed by atoms with Crippen LogP contribution in [-0.4, -0.2) is 19.1 Å². The summed E-state index contributed by atoms with van der Waals surface area (Å²) in [6.07, 6.45) is 3.72. The summed E-state index contributed by atoms with van der Waals surface area (Å²) in [4.78, 5) is 11.1. The summed E-state index contributed by atoms with van der Waals surface area (Å²) in [5.41, 5.74) is 2.73. The van der Waals surface area contributed by atoms with Crippen LogP contribution >= 0.6 is 0 Å². The molecule has 0 unspecified atom stereocenters. The fraction of sp³-hybridized carbons (Fsp3) is 0.875. The first kappa shape index (κ1) is 9.48. The van der Waals surface area contributed by atoms with Gasteiger partial charge in [-0.3, -0.25) is 16.1 Å². The summed E-state index contributed by atoms with van der Waals surface area (Å²) in [6.45, 7) is 0. The Hall–Kier alpha value is -0.610. The van der Waals surface area contributed by atoms with E-state index < -0.39 is 0 Å². The van der Waals surface area contributed by atoms with Crippen LogP contribution in [0.1, 0.15) is 25.7 Å². The van der Waals surface area contributed by atoms with Crippen molar-refractivity contribution in [2.75, 3.05) is 7.11 Å². The number of hydrogen-bond acceptors (Lipinski definition) is 4. The Morgan fingerprint density at radius 3 is 2.42 bits per heavy atom. The van der Waals surface area contributed by atoms with Crippen molar-refractivity contribution < 1.29 is 9.53 Å². The molecule has 4 heteroatoms. The van der Waals surface area contributed by atoms with Gasteiger partial charge in [0.15, 0.2) is 0 Å². The van der Waals surface area contributed by atoms with Gasteiger partial charge in [-0.1, -0.05) is 0 Å². The van der Waals surface area contributed by atoms with Crippen LogP contribution in [0.4, 0.5) is 0 Å². The zero-order valence-electron chi connectivity index (χ0n) is 7.38. The highest BCUT2D eigenvalue weighted by Crippen LogP contribution is 2.24. The Balaban J connectivity index is 2.30. The first-order chi connectivity index (χ1) is 5.77. The molecule has 0 aromatic heterocycles. The Morgan fingerprint density at radius 2 is 2.00 bits per heavy atom. The minimum Gasteiger partial charge on any atom is -0.469 e. The maximum absolute atomic E-state index is 11.1. The van der Waals surface area contributed by atoms with E-state index in [4.69, 9.17) is 5.84 Å². The first-order valence-electron chi connectivity index (χ1n) is 4.32. The van der Waals surface area contributed by atoms with E-state index in [0.29, 0.717) is 6.04 Å². The fourth-order valence-corrected chi connectivity index (χ4v) is 1.66. The average molecular weight is 172 g/mol. The lowest BCUT2D eigenvalue weighted by Gasteiger charge is -2.25. The Kier molecular flexibility index (Phi) is 3.49. The number of methoxy groups -OCH3 is 1. The maximum Gasteiger partial charge on any atom is 0.308 e. The topological polar surface area (TPSA) is 64.3 Å². The molecule has 0 saturated heterocycles. The van der Waals surface area contributed by atoms with Gasteiger partial charge in [0.05, 0.1) is 13.0 Å². The van der Waals surface area contributed by atoms with Crippen LogP contribution in [0.3, 0.4) is 0 Å². The molecule has 1 aliphatic rings. The van der Waals surface area contributed by atoms with E-state index in [1.807, 2.05) is 0 Å². The molecule has 1 aliphatic carbocycles. The number of hydrogen-bond donors (Lipinski definition) is 2. The quantitative estimate of drug-likeness (QED) is 0.354. The Bertz CT molecular complexity index is 153. The number of carbonyl (C=O) groups excluding carboxylic acids is 1. The number of esters is 1. The van der Waals surface area contributed by atoms with Gasteiger partial charge in [-0.05, 0) is 25.7 Å². The van der Waals surface area contributed by atoms with E-state index >= 15 is 0 Å². The average Bonchev–Trinajstić information content (AvgIpc) is 2.17. The van der Waals surface area contributed by atoms with Gasteiger partial charge in [0, 0.05) is 6.04 Å². The van der Waals surface area contributed by atoms with E-state index in [-0.39, 0.29) is 11.9 Å². The highest BCUT2D eigenvalue weighted by molar-refractivity contribution is 5.72. The molecule has 3 N–H and O–H groups in total. The van der Waals surface area contributed by atoms with Crippen molar-refractivity contribution in [3.63, 3.8) is 0 Å². The van der Waals surface area contributed by atoms with Crippen LogP contribution in [0.25, 0.3) is 0 Å². The molecule has 0 aromatic carbocycles. The number of ether oxygens (including phenoxy) is 1. The molecule has 0 heterocycles. The molecule has 0 bridgehead atoms. The molecule has 0 amide bonds. The standard InChI is InChI=1S/C8H16N2O2/c1-12-8(11)6-2-4-7(10-9)5-3-6/h6-7,10H,2-5,9H2,1H3/t6-,7-. The summed E-state index contributed by atoms with van der Waals surface area (Å²) in [6, 6.07) is 0.380. The number of nitrogens with one attached hydrogen (secondary N) is 1. The lowest BCUT2D eigenvalue weighted by atomic mass is 9.86. The molecule has 0 radical (unpaired) electrons. The Morgan fingerprint density at radius 1 is 1.42 bits per heavy atom. The third kappa shape index (κ3) is 2.19. The smallest absolute Gasteiger partial charge is 0.308 e. The number of hydrazine groups is 1. The third-order valence-corrected chi connectivity index (χ3v) is 2.50. The highest BCUT2D eigenvalue weighted by Gasteiger charge is 2.25. The van der Waals surface area contributed by atoms with Gasteiger partial charge in [-0.15, -0.1) is 0 Å². The van der Waals surface area contributed by atoms with Crippen molar-refractivity contribution >= 4 is 5.97 Å². The molecule has 1 rings (SSSR count). The summed E-state index contributed by atoms with van der Waals surface area (Å²) < 4.78 is 4.67. The SMILES string of the molecule is COC(=O)[C@H]1CC[C@H](NN)CC1. The third-order valence-electron chi connectivity index (χ3n) is 2.50. The summed E-state index contributed by atoms with van der Waals surface area (Å²) in [7, 11) is 1.44. The predicted molar refractivity (Wildman–Crippen MR) is 45.1 cm³/mol. The van der Waals surface area contributed by atoms with E-state index in [1.165, 1.54) is 7.11 Å². The highest BCUT2D eigenvalue weighted by atomic mass is 16.5. The van der Waals surface area contributed by atoms with Crippen LogP contribution in [0.15, 0.2) is 0 Å². The molecule has 0 aliphatic heterocycles. The lowest BCUT2D eigenvalue weighted by Crippen LogP contribution is -2.39. The lowest BCUT2D eigenvalue weighted by molar-refractivity contribution is -0.146. The van der Waals surface area contributed by atoms with Crippen molar-refractivity contribution in [1.29, 1.82) is 0 Å². The summed E-state index contributed by atoms with van der Waals surface area (Å²) in [5.74, 6) is 5.31. The van der Waals surface area contributed by atoms with E-state index in [1.54, 1.807) is 0 Å². The second-order valence-corrected chi connectivity index (χ2v) is 3.24. The minimum atomic E-state index is -0.0783. The summed E-state index contributed by atoms with van der Waals surface area (Å²) in [5, 5.41) is 0.